The van der Waals surface area contributed by atoms with Crippen LogP contribution in [0.1, 0.15) is 19.8 Å². The molecule has 0 spiro atoms. The topological polar surface area (TPSA) is 50.7 Å². The summed E-state index contributed by atoms with van der Waals surface area (Å²) in [5.41, 5.74) is 0.0857. The number of hydrogen-bond acceptors (Lipinski definition) is 4. The molecule has 0 atom stereocenters. The Kier molecular flexibility index (Phi) is 2.57. The van der Waals surface area contributed by atoms with E-state index >= 15 is 0 Å². The number of fused-ring (bicyclic) bond motifs is 1. The van der Waals surface area contributed by atoms with Gasteiger partial charge in [0, 0.05) is 11.7 Å². The van der Waals surface area contributed by atoms with Gasteiger partial charge in [-0.2, -0.15) is 0 Å². The van der Waals surface area contributed by atoms with Gasteiger partial charge in [-0.05, 0) is 31.4 Å². The number of rotatable bonds is 2. The van der Waals surface area contributed by atoms with Crippen LogP contribution in [0, 0.1) is 5.82 Å². The highest BCUT2D eigenvalue weighted by atomic mass is 35.5. The molecule has 4 nitrogen and oxygen atoms in total. The van der Waals surface area contributed by atoms with Crippen molar-refractivity contribution in [1.29, 1.82) is 0 Å². The molecule has 0 amide bonds. The van der Waals surface area contributed by atoms with Crippen LogP contribution < -0.4 is 5.32 Å². The normalized spacial score (nSPS) is 16.9. The summed E-state index contributed by atoms with van der Waals surface area (Å²) in [6, 6.07) is 0. The van der Waals surface area contributed by atoms with Crippen LogP contribution in [0.15, 0.2) is 6.20 Å². The lowest BCUT2D eigenvalue weighted by Gasteiger charge is -2.14. The fourth-order valence-electron chi connectivity index (χ4n) is 1.70. The van der Waals surface area contributed by atoms with Gasteiger partial charge in [0.2, 0.25) is 5.28 Å². The van der Waals surface area contributed by atoms with Crippen molar-refractivity contribution in [2.24, 2.45) is 0 Å². The molecule has 94 valence electrons. The number of pyridine rings is 1. The van der Waals surface area contributed by atoms with E-state index in [1.54, 1.807) is 0 Å². The van der Waals surface area contributed by atoms with Gasteiger partial charge < -0.3 is 5.32 Å². The molecular formula is C11H9Cl2FN4. The monoisotopic (exact) mass is 286 g/mol. The molecule has 0 aromatic carbocycles. The molecule has 3 rings (SSSR count). The molecule has 1 aliphatic rings. The van der Waals surface area contributed by atoms with Gasteiger partial charge >= 0.3 is 0 Å². The van der Waals surface area contributed by atoms with E-state index in [0.717, 1.165) is 12.8 Å². The van der Waals surface area contributed by atoms with Crippen molar-refractivity contribution >= 4 is 39.9 Å². The van der Waals surface area contributed by atoms with Crippen LogP contribution in [0.25, 0.3) is 10.9 Å². The second-order valence-electron chi connectivity index (χ2n) is 4.65. The summed E-state index contributed by atoms with van der Waals surface area (Å²) in [7, 11) is 0. The molecule has 0 aliphatic heterocycles. The van der Waals surface area contributed by atoms with Crippen molar-refractivity contribution in [2.75, 3.05) is 5.32 Å². The first-order valence-corrected chi connectivity index (χ1v) is 6.19. The van der Waals surface area contributed by atoms with Crippen LogP contribution in [0.3, 0.4) is 0 Å². The maximum Gasteiger partial charge on any atom is 0.225 e. The van der Waals surface area contributed by atoms with E-state index in [0.29, 0.717) is 11.2 Å². The van der Waals surface area contributed by atoms with Gasteiger partial charge in [-0.15, -0.1) is 0 Å². The third-order valence-corrected chi connectivity index (χ3v) is 3.47. The SMILES string of the molecule is CC1(Nc2nc(Cl)nc3c(F)c(Cl)ncc23)CC1. The summed E-state index contributed by atoms with van der Waals surface area (Å²) in [5, 5.41) is 3.48. The third kappa shape index (κ3) is 1.97. The van der Waals surface area contributed by atoms with E-state index in [1.807, 2.05) is 0 Å². The fraction of sp³-hybridized carbons (Fsp3) is 0.364. The molecule has 2 aromatic rings. The molecule has 1 saturated carbocycles. The minimum Gasteiger partial charge on any atom is -0.364 e. The summed E-state index contributed by atoms with van der Waals surface area (Å²) in [5.74, 6) is -0.185. The zero-order valence-electron chi connectivity index (χ0n) is 9.47. The minimum atomic E-state index is -0.678. The number of anilines is 1. The highest BCUT2D eigenvalue weighted by molar-refractivity contribution is 6.30. The van der Waals surface area contributed by atoms with Gasteiger partial charge in [0.25, 0.3) is 0 Å². The second-order valence-corrected chi connectivity index (χ2v) is 5.35. The van der Waals surface area contributed by atoms with Crippen molar-refractivity contribution in [1.82, 2.24) is 15.0 Å². The van der Waals surface area contributed by atoms with Crippen LogP contribution >= 0.6 is 23.2 Å². The maximum absolute atomic E-state index is 13.8. The summed E-state index contributed by atoms with van der Waals surface area (Å²) in [4.78, 5) is 11.7. The molecule has 1 N–H and O–H groups in total. The molecule has 18 heavy (non-hydrogen) atoms. The van der Waals surface area contributed by atoms with E-state index in [4.69, 9.17) is 23.2 Å². The molecule has 0 radical (unpaired) electrons. The van der Waals surface area contributed by atoms with Crippen LogP contribution in [0.5, 0.6) is 0 Å². The van der Waals surface area contributed by atoms with Gasteiger partial charge in [-0.25, -0.2) is 19.3 Å². The Labute approximate surface area is 113 Å². The fourth-order valence-corrected chi connectivity index (χ4v) is 2.01. The molecule has 1 fully saturated rings. The predicted octanol–water partition coefficient (Wildman–Crippen LogP) is 3.44. The van der Waals surface area contributed by atoms with Crippen molar-refractivity contribution in [3.63, 3.8) is 0 Å². The van der Waals surface area contributed by atoms with E-state index in [2.05, 4.69) is 27.2 Å². The lowest BCUT2D eigenvalue weighted by Crippen LogP contribution is -2.17. The quantitative estimate of drug-likeness (QED) is 0.679. The molecule has 0 saturated heterocycles. The Bertz CT molecular complexity index is 642. The number of hydrogen-bond donors (Lipinski definition) is 1. The summed E-state index contributed by atoms with van der Waals surface area (Å²) < 4.78 is 13.8. The average molecular weight is 287 g/mol. The lowest BCUT2D eigenvalue weighted by molar-refractivity contribution is 0.631. The van der Waals surface area contributed by atoms with E-state index in [-0.39, 0.29) is 21.5 Å². The summed E-state index contributed by atoms with van der Waals surface area (Å²) in [6.45, 7) is 2.06. The standard InChI is InChI=1S/C11H9Cl2FN4/c1-11(2-3-11)18-9-5-4-15-8(12)6(14)7(5)16-10(13)17-9/h4H,2-3H2,1H3,(H,16,17,18). The number of nitrogens with one attached hydrogen (secondary N) is 1. The van der Waals surface area contributed by atoms with Crippen LogP contribution in [0.4, 0.5) is 10.2 Å². The van der Waals surface area contributed by atoms with Gasteiger partial charge in [0.15, 0.2) is 11.0 Å². The number of halogens is 3. The highest BCUT2D eigenvalue weighted by Crippen LogP contribution is 2.39. The first-order valence-electron chi connectivity index (χ1n) is 5.44. The minimum absolute atomic E-state index is 0.000719. The number of nitrogens with zero attached hydrogens (tertiary/aromatic N) is 3. The average Bonchev–Trinajstić information content (AvgIpc) is 3.02. The lowest BCUT2D eigenvalue weighted by atomic mass is 10.2. The Balaban J connectivity index is 2.21. The van der Waals surface area contributed by atoms with Gasteiger partial charge in [-0.1, -0.05) is 11.6 Å². The van der Waals surface area contributed by atoms with E-state index in [9.17, 15) is 4.39 Å². The molecule has 7 heteroatoms. The summed E-state index contributed by atoms with van der Waals surface area (Å²) >= 11 is 11.4. The molecule has 1 aliphatic carbocycles. The Morgan fingerprint density at radius 1 is 1.33 bits per heavy atom. The Hall–Kier alpha value is -1.20. The zero-order valence-corrected chi connectivity index (χ0v) is 11.0. The zero-order chi connectivity index (χ0) is 12.9. The molecular weight excluding hydrogens is 278 g/mol. The van der Waals surface area contributed by atoms with Crippen molar-refractivity contribution < 1.29 is 4.39 Å². The first kappa shape index (κ1) is 11.9. The second kappa shape index (κ2) is 3.90. The maximum atomic E-state index is 13.8. The molecule has 2 aromatic heterocycles. The summed E-state index contributed by atoms with van der Waals surface area (Å²) in [6.07, 6.45) is 3.53. The third-order valence-electron chi connectivity index (χ3n) is 3.03. The Morgan fingerprint density at radius 3 is 2.72 bits per heavy atom. The van der Waals surface area contributed by atoms with Gasteiger partial charge in [-0.3, -0.25) is 0 Å². The Morgan fingerprint density at radius 2 is 2.06 bits per heavy atom. The van der Waals surface area contributed by atoms with Crippen LogP contribution in [-0.2, 0) is 0 Å². The first-order chi connectivity index (χ1) is 8.48. The largest absolute Gasteiger partial charge is 0.364 e. The molecule has 0 unspecified atom stereocenters. The van der Waals surface area contributed by atoms with E-state index in [1.165, 1.54) is 6.20 Å². The van der Waals surface area contributed by atoms with Crippen molar-refractivity contribution in [2.45, 2.75) is 25.3 Å². The van der Waals surface area contributed by atoms with E-state index < -0.39 is 5.82 Å². The predicted molar refractivity (Wildman–Crippen MR) is 68.6 cm³/mol. The number of aromatic nitrogens is 3. The van der Waals surface area contributed by atoms with Crippen LogP contribution in [-0.4, -0.2) is 20.5 Å². The van der Waals surface area contributed by atoms with Gasteiger partial charge in [0.1, 0.15) is 11.3 Å². The smallest absolute Gasteiger partial charge is 0.225 e. The molecule has 2 heterocycles. The van der Waals surface area contributed by atoms with Gasteiger partial charge in [0.05, 0.1) is 5.39 Å². The van der Waals surface area contributed by atoms with Crippen LogP contribution in [0.2, 0.25) is 10.4 Å². The highest BCUT2D eigenvalue weighted by Gasteiger charge is 2.38. The van der Waals surface area contributed by atoms with Crippen molar-refractivity contribution in [3.05, 3.63) is 22.5 Å². The van der Waals surface area contributed by atoms with Crippen molar-refractivity contribution in [3.8, 4) is 0 Å². The molecule has 0 bridgehead atoms.